The zero-order valence-corrected chi connectivity index (χ0v) is 32.7. The van der Waals surface area contributed by atoms with E-state index in [1.807, 2.05) is 0 Å². The number of ether oxygens (including phenoxy) is 4. The molecule has 0 heterocycles. The van der Waals surface area contributed by atoms with Crippen molar-refractivity contribution in [3.8, 4) is 23.0 Å². The average Bonchev–Trinajstić information content (AvgIpc) is 3.24. The van der Waals surface area contributed by atoms with Gasteiger partial charge in [-0.1, -0.05) is 112 Å². The summed E-state index contributed by atoms with van der Waals surface area (Å²) in [6.45, 7) is 4.51. The van der Waals surface area contributed by atoms with Crippen LogP contribution >= 0.6 is 0 Å². The van der Waals surface area contributed by atoms with E-state index in [2.05, 4.69) is 111 Å². The lowest BCUT2D eigenvalue weighted by atomic mass is 9.77. The predicted octanol–water partition coefficient (Wildman–Crippen LogP) is 14.0. The fourth-order valence-electron chi connectivity index (χ4n) is 10.6. The first-order chi connectivity index (χ1) is 27.6. The first-order valence-electron chi connectivity index (χ1n) is 19.9. The molecule has 0 aromatic heterocycles. The van der Waals surface area contributed by atoms with E-state index in [0.717, 1.165) is 70.2 Å². The molecule has 0 amide bonds. The molecule has 0 atom stereocenters. The van der Waals surface area contributed by atoms with Gasteiger partial charge in [-0.3, -0.25) is 0 Å². The minimum Gasteiger partial charge on any atom is -0.496 e. The largest absolute Gasteiger partial charge is 0.496 e. The van der Waals surface area contributed by atoms with Crippen LogP contribution in [0.15, 0.2) is 97.1 Å². The molecule has 0 aliphatic rings. The molecular weight excluding hydrogens is 689 g/mol. The Kier molecular flexibility index (Phi) is 7.17. The molecule has 4 heteroatoms. The number of rotatable bonds is 8. The van der Waals surface area contributed by atoms with Crippen LogP contribution in [0.1, 0.15) is 37.8 Å². The Labute approximate surface area is 324 Å². The number of fused-ring (bicyclic) bond motifs is 14. The van der Waals surface area contributed by atoms with Crippen molar-refractivity contribution in [2.45, 2.75) is 39.5 Å². The standard InChI is InChI=1S/C52H42O4/c1-7-13-27-19-21-33-35(23-27)43-39(55-5)25-37(53-3)41-29-15-9-11-17-31(29)45-46-32-18-12-10-16-30(32)42-38(54-4)26-40(56-6)44-36-24-28(14-8-2)20-22-34(36)48(52(46)50(42)44)47(33)51(45)49(41)43/h9-12,15-26H,7-8,13-14H2,1-6H3. The highest BCUT2D eigenvalue weighted by Crippen LogP contribution is 2.59. The van der Waals surface area contributed by atoms with E-state index in [9.17, 15) is 0 Å². The van der Waals surface area contributed by atoms with Crippen molar-refractivity contribution in [2.24, 2.45) is 0 Å². The van der Waals surface area contributed by atoms with Crippen LogP contribution in [0.5, 0.6) is 23.0 Å². The van der Waals surface area contributed by atoms with E-state index in [4.69, 9.17) is 18.9 Å². The van der Waals surface area contributed by atoms with Gasteiger partial charge in [0.25, 0.3) is 0 Å². The van der Waals surface area contributed by atoms with Gasteiger partial charge in [0.15, 0.2) is 0 Å². The second-order valence-electron chi connectivity index (χ2n) is 15.4. The lowest BCUT2D eigenvalue weighted by Gasteiger charge is -2.27. The van der Waals surface area contributed by atoms with E-state index in [0.29, 0.717) is 0 Å². The lowest BCUT2D eigenvalue weighted by molar-refractivity contribution is 0.401. The topological polar surface area (TPSA) is 36.9 Å². The highest BCUT2D eigenvalue weighted by Gasteiger charge is 2.30. The van der Waals surface area contributed by atoms with E-state index in [1.54, 1.807) is 28.4 Å². The minimum absolute atomic E-state index is 0.816. The summed E-state index contributed by atoms with van der Waals surface area (Å²) in [5, 5.41) is 24.0. The molecule has 0 saturated heterocycles. The first kappa shape index (κ1) is 33.1. The van der Waals surface area contributed by atoms with Gasteiger partial charge in [-0.2, -0.15) is 0 Å². The Morgan fingerprint density at radius 1 is 0.304 bits per heavy atom. The van der Waals surface area contributed by atoms with Gasteiger partial charge < -0.3 is 18.9 Å². The minimum atomic E-state index is 0.816. The predicted molar refractivity (Wildman–Crippen MR) is 238 cm³/mol. The third kappa shape index (κ3) is 4.09. The van der Waals surface area contributed by atoms with Crippen molar-refractivity contribution in [3.63, 3.8) is 0 Å². The van der Waals surface area contributed by atoms with Crippen molar-refractivity contribution in [1.82, 2.24) is 0 Å². The maximum absolute atomic E-state index is 6.35. The van der Waals surface area contributed by atoms with E-state index >= 15 is 0 Å². The van der Waals surface area contributed by atoms with Crippen LogP contribution in [0.25, 0.3) is 108 Å². The maximum atomic E-state index is 6.35. The van der Waals surface area contributed by atoms with Gasteiger partial charge in [-0.15, -0.1) is 0 Å². The summed E-state index contributed by atoms with van der Waals surface area (Å²) < 4.78 is 25.3. The molecular formula is C52H42O4. The Bertz CT molecular complexity index is 3200. The van der Waals surface area contributed by atoms with Crippen LogP contribution in [0.3, 0.4) is 0 Å². The normalized spacial score (nSPS) is 12.4. The monoisotopic (exact) mass is 730 g/mol. The second-order valence-corrected chi connectivity index (χ2v) is 15.4. The van der Waals surface area contributed by atoms with Gasteiger partial charge in [0.1, 0.15) is 23.0 Å². The Balaban J connectivity index is 1.63. The molecule has 0 spiro atoms. The number of hydrogen-bond acceptors (Lipinski definition) is 4. The zero-order chi connectivity index (χ0) is 38.0. The Morgan fingerprint density at radius 2 is 0.589 bits per heavy atom. The van der Waals surface area contributed by atoms with E-state index in [1.165, 1.54) is 97.3 Å². The highest BCUT2D eigenvalue weighted by atomic mass is 16.5. The van der Waals surface area contributed by atoms with E-state index in [-0.39, 0.29) is 0 Å². The Hall–Kier alpha value is -6.26. The van der Waals surface area contributed by atoms with Crippen LogP contribution < -0.4 is 18.9 Å². The van der Waals surface area contributed by atoms with Crippen molar-refractivity contribution < 1.29 is 18.9 Å². The number of aryl methyl sites for hydroxylation is 2. The molecule has 0 bridgehead atoms. The quantitative estimate of drug-likeness (QED) is 0.115. The van der Waals surface area contributed by atoms with Crippen LogP contribution in [-0.2, 0) is 12.8 Å². The van der Waals surface area contributed by atoms with Crippen molar-refractivity contribution >= 4 is 108 Å². The SMILES string of the molecule is CCCc1ccc2c(c1)c1c(OC)cc(OC)c3c4ccccc4c4c5c6ccccc6c6c(OC)cc(OC)c7c8cc(CCC)ccc8c(c2c4c31)c5c67. The summed E-state index contributed by atoms with van der Waals surface area (Å²) in [7, 11) is 7.14. The molecule has 11 aromatic rings. The van der Waals surface area contributed by atoms with Gasteiger partial charge in [-0.25, -0.2) is 0 Å². The van der Waals surface area contributed by atoms with Crippen molar-refractivity contribution in [1.29, 1.82) is 0 Å². The Morgan fingerprint density at radius 3 is 0.911 bits per heavy atom. The molecule has 0 aliphatic carbocycles. The van der Waals surface area contributed by atoms with Gasteiger partial charge in [-0.05, 0) is 88.6 Å². The summed E-state index contributed by atoms with van der Waals surface area (Å²) in [5.41, 5.74) is 2.65. The average molecular weight is 731 g/mol. The molecule has 11 rings (SSSR count). The van der Waals surface area contributed by atoms with Gasteiger partial charge >= 0.3 is 0 Å². The summed E-state index contributed by atoms with van der Waals surface area (Å²) in [4.78, 5) is 0. The number of benzene rings is 11. The molecule has 0 aliphatic heterocycles. The third-order valence-corrected chi connectivity index (χ3v) is 12.6. The summed E-state index contributed by atoms with van der Waals surface area (Å²) >= 11 is 0. The molecule has 0 unspecified atom stereocenters. The fourth-order valence-corrected chi connectivity index (χ4v) is 10.6. The summed E-state index contributed by atoms with van der Waals surface area (Å²) in [5.74, 6) is 3.28. The summed E-state index contributed by atoms with van der Waals surface area (Å²) in [6, 6.07) is 36.3. The van der Waals surface area contributed by atoms with Crippen LogP contribution in [0.4, 0.5) is 0 Å². The molecule has 0 N–H and O–H groups in total. The van der Waals surface area contributed by atoms with Crippen LogP contribution in [0.2, 0.25) is 0 Å². The van der Waals surface area contributed by atoms with Crippen LogP contribution in [0, 0.1) is 0 Å². The lowest BCUT2D eigenvalue weighted by Crippen LogP contribution is -2.00. The zero-order valence-electron chi connectivity index (χ0n) is 32.7. The molecule has 4 nitrogen and oxygen atoms in total. The number of hydrogen-bond donors (Lipinski definition) is 0. The van der Waals surface area contributed by atoms with Gasteiger partial charge in [0.2, 0.25) is 0 Å². The molecule has 0 saturated carbocycles. The molecule has 56 heavy (non-hydrogen) atoms. The maximum Gasteiger partial charge on any atom is 0.131 e. The molecule has 0 radical (unpaired) electrons. The smallest absolute Gasteiger partial charge is 0.131 e. The second kappa shape index (κ2) is 12.1. The van der Waals surface area contributed by atoms with Crippen molar-refractivity contribution in [2.75, 3.05) is 28.4 Å². The third-order valence-electron chi connectivity index (χ3n) is 12.6. The number of methoxy groups -OCH3 is 4. The highest BCUT2D eigenvalue weighted by molar-refractivity contribution is 6.56. The molecule has 274 valence electrons. The fraction of sp³-hybridized carbons (Fsp3) is 0.192. The first-order valence-corrected chi connectivity index (χ1v) is 19.9. The summed E-state index contributed by atoms with van der Waals surface area (Å²) in [6.07, 6.45) is 4.14. The van der Waals surface area contributed by atoms with E-state index < -0.39 is 0 Å². The van der Waals surface area contributed by atoms with Crippen LogP contribution in [-0.4, -0.2) is 28.4 Å². The molecule has 11 aromatic carbocycles. The van der Waals surface area contributed by atoms with Gasteiger partial charge in [0.05, 0.1) is 28.4 Å². The van der Waals surface area contributed by atoms with Crippen molar-refractivity contribution in [3.05, 3.63) is 108 Å². The van der Waals surface area contributed by atoms with Gasteiger partial charge in [0, 0.05) is 55.2 Å². The molecule has 0 fully saturated rings.